The van der Waals surface area contributed by atoms with E-state index in [4.69, 9.17) is 16.3 Å². The van der Waals surface area contributed by atoms with Crippen LogP contribution in [0.5, 0.6) is 17.4 Å². The Kier molecular flexibility index (Phi) is 4.67. The molecule has 3 N–H and O–H groups in total. The molecule has 2 aromatic carbocycles. The van der Waals surface area contributed by atoms with Crippen LogP contribution in [0.15, 0.2) is 63.1 Å². The highest BCUT2D eigenvalue weighted by Crippen LogP contribution is 2.34. The third kappa shape index (κ3) is 3.96. The zero-order valence-corrected chi connectivity index (χ0v) is 13.4. The predicted molar refractivity (Wildman–Crippen MR) is 94.6 cm³/mol. The van der Waals surface area contributed by atoms with E-state index in [1.165, 1.54) is 0 Å². The summed E-state index contributed by atoms with van der Waals surface area (Å²) in [6.45, 7) is 0. The zero-order chi connectivity index (χ0) is 17.8. The summed E-state index contributed by atoms with van der Waals surface area (Å²) in [4.78, 5) is 31.1. The number of para-hydroxylation sites is 1. The second kappa shape index (κ2) is 7.06. The monoisotopic (exact) mass is 357 g/mol. The third-order valence-electron chi connectivity index (χ3n) is 3.18. The first kappa shape index (κ1) is 16.5. The normalized spacial score (nSPS) is 10.9. The Morgan fingerprint density at radius 3 is 2.56 bits per heavy atom. The third-order valence-corrected chi connectivity index (χ3v) is 3.42. The topological polar surface area (TPSA) is 108 Å². The number of hydrogen-bond acceptors (Lipinski definition) is 5. The van der Waals surface area contributed by atoms with E-state index in [2.05, 4.69) is 9.98 Å². The lowest BCUT2D eigenvalue weighted by atomic mass is 10.2. The average molecular weight is 358 g/mol. The van der Waals surface area contributed by atoms with Gasteiger partial charge in [0, 0.05) is 11.2 Å². The molecular weight excluding hydrogens is 346 g/mol. The number of H-pyrrole nitrogens is 2. The van der Waals surface area contributed by atoms with Gasteiger partial charge in [0.1, 0.15) is 17.0 Å². The summed E-state index contributed by atoms with van der Waals surface area (Å²) in [5.74, 6) is 0.434. The van der Waals surface area contributed by atoms with Gasteiger partial charge < -0.3 is 9.84 Å². The lowest BCUT2D eigenvalue weighted by Gasteiger charge is -2.08. The van der Waals surface area contributed by atoms with Crippen LogP contribution in [0.2, 0.25) is 5.02 Å². The van der Waals surface area contributed by atoms with Crippen molar-refractivity contribution in [1.29, 1.82) is 0 Å². The molecule has 3 aromatic rings. The van der Waals surface area contributed by atoms with Gasteiger partial charge in [-0.3, -0.25) is 19.8 Å². The first-order chi connectivity index (χ1) is 12.0. The largest absolute Gasteiger partial charge is 0.494 e. The van der Waals surface area contributed by atoms with Crippen LogP contribution in [0.4, 0.5) is 5.69 Å². The van der Waals surface area contributed by atoms with Gasteiger partial charge in [-0.2, -0.15) is 0 Å². The Morgan fingerprint density at radius 1 is 1.08 bits per heavy atom. The second-order valence-electron chi connectivity index (χ2n) is 4.96. The number of nitrogens with zero attached hydrogens (tertiary/aromatic N) is 1. The number of ether oxygens (including phenoxy) is 1. The molecule has 0 aliphatic carbocycles. The minimum atomic E-state index is -0.810. The fourth-order valence-electron chi connectivity index (χ4n) is 2.03. The summed E-state index contributed by atoms with van der Waals surface area (Å²) in [6, 6.07) is 13.9. The molecule has 7 nitrogen and oxygen atoms in total. The van der Waals surface area contributed by atoms with Crippen LogP contribution in [-0.2, 0) is 0 Å². The molecule has 0 bridgehead atoms. The fourth-order valence-corrected chi connectivity index (χ4v) is 2.20. The lowest BCUT2D eigenvalue weighted by Crippen LogP contribution is -2.24. The van der Waals surface area contributed by atoms with Crippen LogP contribution in [0.3, 0.4) is 0 Å². The Hall–Kier alpha value is -3.32. The summed E-state index contributed by atoms with van der Waals surface area (Å²) in [5, 5.41) is 10.1. The number of benzene rings is 2. The van der Waals surface area contributed by atoms with Crippen molar-refractivity contribution >= 4 is 23.5 Å². The molecule has 0 radical (unpaired) electrons. The molecule has 0 spiro atoms. The Morgan fingerprint density at radius 2 is 1.84 bits per heavy atom. The molecule has 1 aromatic heterocycles. The number of rotatable bonds is 4. The summed E-state index contributed by atoms with van der Waals surface area (Å²) in [5.41, 5.74) is -1.42. The molecule has 126 valence electrons. The predicted octanol–water partition coefficient (Wildman–Crippen LogP) is 2.97. The Bertz CT molecular complexity index is 1040. The van der Waals surface area contributed by atoms with E-state index in [1.54, 1.807) is 30.3 Å². The summed E-state index contributed by atoms with van der Waals surface area (Å²) < 4.78 is 5.75. The Labute approximate surface area is 146 Å². The van der Waals surface area contributed by atoms with Gasteiger partial charge in [-0.05, 0) is 30.3 Å². The summed E-state index contributed by atoms with van der Waals surface area (Å²) in [6.07, 6.45) is 1.12. The van der Waals surface area contributed by atoms with E-state index >= 15 is 0 Å². The molecule has 0 saturated heterocycles. The van der Waals surface area contributed by atoms with Crippen molar-refractivity contribution in [3.63, 3.8) is 0 Å². The maximum Gasteiger partial charge on any atom is 0.328 e. The van der Waals surface area contributed by atoms with E-state index in [0.717, 1.165) is 6.21 Å². The van der Waals surface area contributed by atoms with Crippen LogP contribution < -0.4 is 16.0 Å². The highest BCUT2D eigenvalue weighted by atomic mass is 35.5. The maximum atomic E-state index is 11.7. The first-order valence-electron chi connectivity index (χ1n) is 7.15. The van der Waals surface area contributed by atoms with E-state index in [1.807, 2.05) is 23.2 Å². The number of aliphatic imine (C=N–C) groups is 1. The highest BCUT2D eigenvalue weighted by molar-refractivity contribution is 6.30. The van der Waals surface area contributed by atoms with E-state index in [9.17, 15) is 14.7 Å². The molecule has 0 fully saturated rings. The van der Waals surface area contributed by atoms with E-state index < -0.39 is 17.1 Å². The Balaban J connectivity index is 1.98. The molecule has 0 aliphatic rings. The quantitative estimate of drug-likeness (QED) is 0.624. The number of aromatic hydroxyl groups is 1. The molecule has 1 heterocycles. The molecule has 8 heteroatoms. The van der Waals surface area contributed by atoms with Crippen LogP contribution in [0.1, 0.15) is 5.56 Å². The van der Waals surface area contributed by atoms with Crippen LogP contribution in [0, 0.1) is 0 Å². The van der Waals surface area contributed by atoms with Gasteiger partial charge in [-0.25, -0.2) is 4.79 Å². The fraction of sp³-hybridized carbons (Fsp3) is 0. The molecule has 0 amide bonds. The number of aromatic amines is 2. The zero-order valence-electron chi connectivity index (χ0n) is 12.7. The van der Waals surface area contributed by atoms with Gasteiger partial charge in [0.15, 0.2) is 5.75 Å². The highest BCUT2D eigenvalue weighted by Gasteiger charge is 2.08. The van der Waals surface area contributed by atoms with Crippen molar-refractivity contribution in [1.82, 2.24) is 9.97 Å². The van der Waals surface area contributed by atoms with Crippen molar-refractivity contribution in [3.05, 3.63) is 80.0 Å². The number of nitrogens with one attached hydrogen (secondary N) is 2. The average Bonchev–Trinajstić information content (AvgIpc) is 2.57. The lowest BCUT2D eigenvalue weighted by molar-refractivity contribution is 0.447. The summed E-state index contributed by atoms with van der Waals surface area (Å²) >= 11 is 5.99. The minimum Gasteiger partial charge on any atom is -0.494 e. The van der Waals surface area contributed by atoms with Crippen molar-refractivity contribution in [2.24, 2.45) is 4.99 Å². The van der Waals surface area contributed by atoms with Crippen LogP contribution in [0.25, 0.3) is 0 Å². The first-order valence-corrected chi connectivity index (χ1v) is 7.53. The molecular formula is C17H12ClN3O4. The number of aromatic nitrogens is 2. The standard InChI is InChI=1S/C17H12ClN3O4/c18-10-6-7-14(25-11-4-2-1-3-5-11)13(8-10)19-9-12-15(22)20-17(24)21-16(12)23/h1-9H,(H3,20,21,22,23,24). The van der Waals surface area contributed by atoms with Crippen molar-refractivity contribution in [2.75, 3.05) is 0 Å². The smallest absolute Gasteiger partial charge is 0.328 e. The van der Waals surface area contributed by atoms with Gasteiger partial charge in [-0.15, -0.1) is 0 Å². The van der Waals surface area contributed by atoms with Gasteiger partial charge in [0.25, 0.3) is 5.56 Å². The number of halogens is 1. The molecule has 0 saturated carbocycles. The molecule has 0 unspecified atom stereocenters. The van der Waals surface area contributed by atoms with E-state index in [0.29, 0.717) is 22.2 Å². The second-order valence-corrected chi connectivity index (χ2v) is 5.39. The molecule has 25 heavy (non-hydrogen) atoms. The van der Waals surface area contributed by atoms with Crippen molar-refractivity contribution < 1.29 is 9.84 Å². The van der Waals surface area contributed by atoms with Crippen LogP contribution in [-0.4, -0.2) is 21.3 Å². The van der Waals surface area contributed by atoms with Gasteiger partial charge in [0.2, 0.25) is 5.88 Å². The van der Waals surface area contributed by atoms with E-state index in [-0.39, 0.29) is 5.56 Å². The minimum absolute atomic E-state index is 0.190. The molecule has 0 atom stereocenters. The van der Waals surface area contributed by atoms with Gasteiger partial charge in [0.05, 0.1) is 0 Å². The number of hydrogen-bond donors (Lipinski definition) is 3. The maximum absolute atomic E-state index is 11.7. The SMILES string of the molecule is O=c1[nH]c(O)c(C=Nc2cc(Cl)ccc2Oc2ccccc2)c(=O)[nH]1. The van der Waals surface area contributed by atoms with Crippen LogP contribution >= 0.6 is 11.6 Å². The molecule has 3 rings (SSSR count). The van der Waals surface area contributed by atoms with Crippen molar-refractivity contribution in [2.45, 2.75) is 0 Å². The van der Waals surface area contributed by atoms with Gasteiger partial charge in [-0.1, -0.05) is 29.8 Å². The summed E-state index contributed by atoms with van der Waals surface area (Å²) in [7, 11) is 0. The molecule has 0 aliphatic heterocycles. The van der Waals surface area contributed by atoms with Gasteiger partial charge >= 0.3 is 5.69 Å². The van der Waals surface area contributed by atoms with Crippen molar-refractivity contribution in [3.8, 4) is 17.4 Å².